The van der Waals surface area contributed by atoms with Crippen LogP contribution in [0, 0.1) is 5.41 Å². The van der Waals surface area contributed by atoms with Crippen LogP contribution in [0.2, 0.25) is 0 Å². The van der Waals surface area contributed by atoms with E-state index in [0.29, 0.717) is 17.8 Å². The van der Waals surface area contributed by atoms with Gasteiger partial charge in [-0.15, -0.1) is 0 Å². The fourth-order valence-corrected chi connectivity index (χ4v) is 2.19. The zero-order valence-electron chi connectivity index (χ0n) is 9.63. The van der Waals surface area contributed by atoms with E-state index in [4.69, 9.17) is 15.3 Å². The minimum absolute atomic E-state index is 0.0798. The van der Waals surface area contributed by atoms with Crippen LogP contribution in [0.1, 0.15) is 6.04 Å². The summed E-state index contributed by atoms with van der Waals surface area (Å²) >= 11 is 0. The molecule has 2 aromatic heterocycles. The van der Waals surface area contributed by atoms with Crippen LogP contribution in [-0.4, -0.2) is 43.9 Å². The minimum atomic E-state index is -0.341. The number of hydrogen-bond donors (Lipinski definition) is 3. The molecule has 3 N–H and O–H groups in total. The SMILES string of the molecule is C=C1[C@H](n2cnc(=N)c3[nH]cnc32)CO[C@@H]1CO. The van der Waals surface area contributed by atoms with Crippen molar-refractivity contribution in [2.75, 3.05) is 13.2 Å². The van der Waals surface area contributed by atoms with Gasteiger partial charge in [0.05, 0.1) is 31.9 Å². The second kappa shape index (κ2) is 4.04. The van der Waals surface area contributed by atoms with Crippen LogP contribution < -0.4 is 5.49 Å². The molecule has 0 aromatic carbocycles. The average Bonchev–Trinajstić information content (AvgIpc) is 2.97. The van der Waals surface area contributed by atoms with E-state index in [0.717, 1.165) is 5.57 Å². The smallest absolute Gasteiger partial charge is 0.173 e. The van der Waals surface area contributed by atoms with Crippen molar-refractivity contribution in [3.05, 3.63) is 30.3 Å². The second-order valence-corrected chi connectivity index (χ2v) is 4.20. The molecule has 0 aliphatic carbocycles. The first kappa shape index (κ1) is 11.1. The fourth-order valence-electron chi connectivity index (χ4n) is 2.19. The molecule has 0 spiro atoms. The molecule has 0 unspecified atom stereocenters. The quantitative estimate of drug-likeness (QED) is 0.636. The summed E-state index contributed by atoms with van der Waals surface area (Å²) in [5, 5.41) is 16.8. The lowest BCUT2D eigenvalue weighted by molar-refractivity contribution is 0.0689. The Morgan fingerprint density at radius 1 is 1.61 bits per heavy atom. The molecule has 7 heteroatoms. The monoisotopic (exact) mass is 247 g/mol. The first-order valence-corrected chi connectivity index (χ1v) is 5.58. The summed E-state index contributed by atoms with van der Waals surface area (Å²) in [6.07, 6.45) is 2.75. The Morgan fingerprint density at radius 3 is 3.17 bits per heavy atom. The highest BCUT2D eigenvalue weighted by Gasteiger charge is 2.31. The maximum atomic E-state index is 9.16. The summed E-state index contributed by atoms with van der Waals surface area (Å²) in [4.78, 5) is 11.1. The zero-order chi connectivity index (χ0) is 12.7. The van der Waals surface area contributed by atoms with Gasteiger partial charge in [0.25, 0.3) is 0 Å². The van der Waals surface area contributed by atoms with E-state index >= 15 is 0 Å². The van der Waals surface area contributed by atoms with Crippen LogP contribution >= 0.6 is 0 Å². The van der Waals surface area contributed by atoms with Crippen LogP contribution in [0.15, 0.2) is 24.8 Å². The molecular formula is C11H13N5O2. The number of hydrogen-bond acceptors (Lipinski definition) is 5. The minimum Gasteiger partial charge on any atom is -0.393 e. The largest absolute Gasteiger partial charge is 0.393 e. The van der Waals surface area contributed by atoms with E-state index < -0.39 is 0 Å². The van der Waals surface area contributed by atoms with Crippen LogP contribution in [0.5, 0.6) is 0 Å². The first-order valence-electron chi connectivity index (χ1n) is 5.58. The van der Waals surface area contributed by atoms with Crippen LogP contribution in [-0.2, 0) is 4.74 Å². The third-order valence-electron chi connectivity index (χ3n) is 3.21. The standard InChI is InChI=1S/C11H13N5O2/c1-6-7(3-18-8(6)2-17)16-5-15-10(12)9-11(16)14-4-13-9/h4-5,7-8,12,17H,1-3H2,(H,13,14)/t7-,8-/m1/s1. The summed E-state index contributed by atoms with van der Waals surface area (Å²) < 4.78 is 7.28. The van der Waals surface area contributed by atoms with Crippen LogP contribution in [0.3, 0.4) is 0 Å². The maximum Gasteiger partial charge on any atom is 0.173 e. The molecule has 1 aliphatic rings. The predicted octanol–water partition coefficient (Wildman–Crippen LogP) is -0.273. The molecule has 2 aromatic rings. The Balaban J connectivity index is 2.11. The number of nitrogens with one attached hydrogen (secondary N) is 2. The average molecular weight is 247 g/mol. The van der Waals surface area contributed by atoms with Crippen LogP contribution in [0.25, 0.3) is 11.2 Å². The Labute approximate surface area is 102 Å². The molecule has 1 aliphatic heterocycles. The van der Waals surface area contributed by atoms with Gasteiger partial charge in [-0.25, -0.2) is 9.97 Å². The van der Waals surface area contributed by atoms with Gasteiger partial charge in [-0.1, -0.05) is 6.58 Å². The summed E-state index contributed by atoms with van der Waals surface area (Å²) in [6.45, 7) is 4.31. The van der Waals surface area contributed by atoms with Gasteiger partial charge < -0.3 is 19.4 Å². The number of aromatic nitrogens is 4. The Hall–Kier alpha value is -1.99. The lowest BCUT2D eigenvalue weighted by Crippen LogP contribution is -2.19. The highest BCUT2D eigenvalue weighted by atomic mass is 16.5. The molecule has 0 amide bonds. The van der Waals surface area contributed by atoms with Gasteiger partial charge in [0.1, 0.15) is 11.6 Å². The molecule has 94 valence electrons. The molecule has 0 bridgehead atoms. The van der Waals surface area contributed by atoms with Gasteiger partial charge >= 0.3 is 0 Å². The van der Waals surface area contributed by atoms with Crippen molar-refractivity contribution < 1.29 is 9.84 Å². The lowest BCUT2D eigenvalue weighted by atomic mass is 10.1. The topological polar surface area (TPSA) is 99.8 Å². The second-order valence-electron chi connectivity index (χ2n) is 4.20. The number of aliphatic hydroxyl groups is 1. The molecule has 18 heavy (non-hydrogen) atoms. The summed E-state index contributed by atoms with van der Waals surface area (Å²) in [7, 11) is 0. The van der Waals surface area contributed by atoms with E-state index in [1.807, 2.05) is 4.57 Å². The van der Waals surface area contributed by atoms with Gasteiger partial charge in [-0.3, -0.25) is 5.41 Å². The number of fused-ring (bicyclic) bond motifs is 1. The van der Waals surface area contributed by atoms with Crippen molar-refractivity contribution in [1.29, 1.82) is 5.41 Å². The molecule has 7 nitrogen and oxygen atoms in total. The third kappa shape index (κ3) is 1.48. The number of nitrogens with zero attached hydrogens (tertiary/aromatic N) is 3. The van der Waals surface area contributed by atoms with Crippen molar-refractivity contribution >= 4 is 11.2 Å². The van der Waals surface area contributed by atoms with E-state index in [9.17, 15) is 0 Å². The number of rotatable bonds is 2. The molecular weight excluding hydrogens is 234 g/mol. The molecule has 1 saturated heterocycles. The van der Waals surface area contributed by atoms with Crippen molar-refractivity contribution in [3.8, 4) is 0 Å². The summed E-state index contributed by atoms with van der Waals surface area (Å²) in [6, 6.07) is -0.110. The van der Waals surface area contributed by atoms with Gasteiger partial charge in [0.15, 0.2) is 11.1 Å². The van der Waals surface area contributed by atoms with Crippen molar-refractivity contribution in [3.63, 3.8) is 0 Å². The highest BCUT2D eigenvalue weighted by Crippen LogP contribution is 2.29. The van der Waals surface area contributed by atoms with Gasteiger partial charge in [-0.2, -0.15) is 0 Å². The lowest BCUT2D eigenvalue weighted by Gasteiger charge is -2.15. The third-order valence-corrected chi connectivity index (χ3v) is 3.21. The van der Waals surface area contributed by atoms with Gasteiger partial charge in [0, 0.05) is 0 Å². The molecule has 0 radical (unpaired) electrons. The summed E-state index contributed by atoms with van der Waals surface area (Å²) in [5.74, 6) is 0. The first-order chi connectivity index (χ1) is 8.72. The van der Waals surface area contributed by atoms with Gasteiger partial charge in [-0.05, 0) is 5.57 Å². The van der Waals surface area contributed by atoms with Crippen molar-refractivity contribution in [2.24, 2.45) is 0 Å². The normalized spacial score (nSPS) is 23.9. The predicted molar refractivity (Wildman–Crippen MR) is 62.7 cm³/mol. The molecule has 3 rings (SSSR count). The molecule has 3 heterocycles. The molecule has 1 fully saturated rings. The van der Waals surface area contributed by atoms with E-state index in [2.05, 4.69) is 21.5 Å². The van der Waals surface area contributed by atoms with E-state index in [1.54, 1.807) is 6.33 Å². The number of imidazole rings is 1. The maximum absolute atomic E-state index is 9.16. The number of H-pyrrole nitrogens is 1. The highest BCUT2D eigenvalue weighted by molar-refractivity contribution is 5.68. The van der Waals surface area contributed by atoms with Gasteiger partial charge in [0.2, 0.25) is 0 Å². The van der Waals surface area contributed by atoms with Crippen molar-refractivity contribution in [2.45, 2.75) is 12.1 Å². The molecule has 0 saturated carbocycles. The number of aromatic amines is 1. The number of ether oxygens (including phenoxy) is 1. The zero-order valence-corrected chi connectivity index (χ0v) is 9.63. The van der Waals surface area contributed by atoms with Crippen LogP contribution in [0.4, 0.5) is 0 Å². The fraction of sp³-hybridized carbons (Fsp3) is 0.364. The Kier molecular flexibility index (Phi) is 2.49. The number of aliphatic hydroxyl groups excluding tert-OH is 1. The Morgan fingerprint density at radius 2 is 2.44 bits per heavy atom. The van der Waals surface area contributed by atoms with E-state index in [-0.39, 0.29) is 24.2 Å². The molecule has 2 atom stereocenters. The van der Waals surface area contributed by atoms with Crippen molar-refractivity contribution in [1.82, 2.24) is 19.5 Å². The van der Waals surface area contributed by atoms with E-state index in [1.165, 1.54) is 6.33 Å². The summed E-state index contributed by atoms with van der Waals surface area (Å²) in [5.41, 5.74) is 2.18. The Bertz CT molecular complexity index is 659.